The first-order valence-electron chi connectivity index (χ1n) is 3.18. The topological polar surface area (TPSA) is 52.6 Å². The average Bonchev–Trinajstić information content (AvgIpc) is 1.93. The normalized spacial score (nSPS) is 23.4. The third-order valence-corrected chi connectivity index (χ3v) is 1.11. The number of hydrogen-bond acceptors (Lipinski definition) is 4. The molecule has 11 heavy (non-hydrogen) atoms. The molecule has 1 atom stereocenters. The predicted octanol–water partition coefficient (Wildman–Crippen LogP) is 0.0311. The molecule has 0 amide bonds. The van der Waals surface area contributed by atoms with Gasteiger partial charge in [-0.15, -0.1) is 0 Å². The van der Waals surface area contributed by atoms with E-state index in [1.54, 1.807) is 0 Å². The lowest BCUT2D eigenvalue weighted by atomic mass is 10.3. The first-order chi connectivity index (χ1) is 5.18. The third-order valence-electron chi connectivity index (χ3n) is 1.11. The SMILES string of the molecule is CC(=O)OC1C=CC(=O)CO1. The van der Waals surface area contributed by atoms with Gasteiger partial charge in [-0.05, 0) is 12.2 Å². The molecular formula is C7H8O4. The van der Waals surface area contributed by atoms with Crippen LogP contribution in [0.15, 0.2) is 12.2 Å². The van der Waals surface area contributed by atoms with E-state index in [0.29, 0.717) is 0 Å². The summed E-state index contributed by atoms with van der Waals surface area (Å²) in [4.78, 5) is 20.9. The number of hydrogen-bond donors (Lipinski definition) is 0. The standard InChI is InChI=1S/C7H8O4/c1-5(8)11-7-3-2-6(9)4-10-7/h2-3,7H,4H2,1H3. The highest BCUT2D eigenvalue weighted by Gasteiger charge is 2.14. The van der Waals surface area contributed by atoms with Gasteiger partial charge < -0.3 is 9.47 Å². The van der Waals surface area contributed by atoms with Gasteiger partial charge in [-0.3, -0.25) is 9.59 Å². The molecule has 1 aliphatic rings. The Balaban J connectivity index is 2.44. The summed E-state index contributed by atoms with van der Waals surface area (Å²) in [5.41, 5.74) is 0. The van der Waals surface area contributed by atoms with Crippen molar-refractivity contribution in [3.05, 3.63) is 12.2 Å². The quantitative estimate of drug-likeness (QED) is 0.502. The molecule has 0 saturated carbocycles. The lowest BCUT2D eigenvalue weighted by molar-refractivity contribution is -0.169. The van der Waals surface area contributed by atoms with Gasteiger partial charge in [0.25, 0.3) is 0 Å². The molecular weight excluding hydrogens is 148 g/mol. The number of carbonyl (C=O) groups is 2. The van der Waals surface area contributed by atoms with Crippen LogP contribution in [0.25, 0.3) is 0 Å². The van der Waals surface area contributed by atoms with E-state index in [1.807, 2.05) is 0 Å². The Morgan fingerprint density at radius 3 is 3.00 bits per heavy atom. The number of esters is 1. The van der Waals surface area contributed by atoms with Gasteiger partial charge in [0, 0.05) is 6.92 Å². The third kappa shape index (κ3) is 2.51. The van der Waals surface area contributed by atoms with Gasteiger partial charge in [-0.1, -0.05) is 0 Å². The van der Waals surface area contributed by atoms with Crippen molar-refractivity contribution in [3.63, 3.8) is 0 Å². The smallest absolute Gasteiger partial charge is 0.305 e. The van der Waals surface area contributed by atoms with E-state index in [9.17, 15) is 9.59 Å². The highest BCUT2D eigenvalue weighted by Crippen LogP contribution is 2.03. The van der Waals surface area contributed by atoms with Crippen molar-refractivity contribution < 1.29 is 19.1 Å². The van der Waals surface area contributed by atoms with Crippen molar-refractivity contribution in [3.8, 4) is 0 Å². The van der Waals surface area contributed by atoms with Crippen LogP contribution in [0.3, 0.4) is 0 Å². The Kier molecular flexibility index (Phi) is 2.38. The Hall–Kier alpha value is -1.16. The summed E-state index contributed by atoms with van der Waals surface area (Å²) in [7, 11) is 0. The maximum Gasteiger partial charge on any atom is 0.305 e. The molecule has 0 fully saturated rings. The second kappa shape index (κ2) is 3.30. The van der Waals surface area contributed by atoms with Crippen LogP contribution in [-0.4, -0.2) is 24.6 Å². The van der Waals surface area contributed by atoms with Crippen molar-refractivity contribution in [1.29, 1.82) is 0 Å². The summed E-state index contributed by atoms with van der Waals surface area (Å²) >= 11 is 0. The van der Waals surface area contributed by atoms with E-state index in [2.05, 4.69) is 4.74 Å². The minimum atomic E-state index is -0.690. The van der Waals surface area contributed by atoms with Gasteiger partial charge in [-0.2, -0.15) is 0 Å². The van der Waals surface area contributed by atoms with Crippen LogP contribution in [0, 0.1) is 0 Å². The molecule has 0 aliphatic carbocycles. The molecule has 0 aromatic carbocycles. The number of rotatable bonds is 1. The van der Waals surface area contributed by atoms with E-state index in [-0.39, 0.29) is 12.4 Å². The van der Waals surface area contributed by atoms with Crippen LogP contribution < -0.4 is 0 Å². The summed E-state index contributed by atoms with van der Waals surface area (Å²) in [5.74, 6) is -0.539. The lowest BCUT2D eigenvalue weighted by Gasteiger charge is -2.15. The van der Waals surface area contributed by atoms with Crippen molar-refractivity contribution in [2.45, 2.75) is 13.2 Å². The van der Waals surface area contributed by atoms with Crippen LogP contribution >= 0.6 is 0 Å². The van der Waals surface area contributed by atoms with E-state index < -0.39 is 12.3 Å². The zero-order valence-electron chi connectivity index (χ0n) is 6.07. The summed E-state index contributed by atoms with van der Waals surface area (Å²) in [6.07, 6.45) is 2.06. The molecule has 0 radical (unpaired) electrons. The molecule has 1 heterocycles. The molecule has 0 bridgehead atoms. The van der Waals surface area contributed by atoms with Gasteiger partial charge in [0.15, 0.2) is 5.78 Å². The Morgan fingerprint density at radius 1 is 1.82 bits per heavy atom. The zero-order chi connectivity index (χ0) is 8.27. The van der Waals surface area contributed by atoms with Crippen molar-refractivity contribution in [2.24, 2.45) is 0 Å². The van der Waals surface area contributed by atoms with Crippen LogP contribution in [0.2, 0.25) is 0 Å². The molecule has 1 aliphatic heterocycles. The highest BCUT2D eigenvalue weighted by molar-refractivity contribution is 5.91. The minimum Gasteiger partial charge on any atom is -0.432 e. The first-order valence-corrected chi connectivity index (χ1v) is 3.18. The van der Waals surface area contributed by atoms with Crippen molar-refractivity contribution in [2.75, 3.05) is 6.61 Å². The maximum atomic E-state index is 10.5. The van der Waals surface area contributed by atoms with E-state index in [4.69, 9.17) is 4.74 Å². The predicted molar refractivity (Wildman–Crippen MR) is 35.7 cm³/mol. The van der Waals surface area contributed by atoms with Crippen molar-refractivity contribution in [1.82, 2.24) is 0 Å². The van der Waals surface area contributed by atoms with Crippen LogP contribution in [0.1, 0.15) is 6.92 Å². The fourth-order valence-electron chi connectivity index (χ4n) is 0.691. The van der Waals surface area contributed by atoms with Crippen LogP contribution in [-0.2, 0) is 19.1 Å². The van der Waals surface area contributed by atoms with Crippen molar-refractivity contribution >= 4 is 11.8 Å². The van der Waals surface area contributed by atoms with Gasteiger partial charge in [-0.25, -0.2) is 0 Å². The molecule has 1 rings (SSSR count). The van der Waals surface area contributed by atoms with Gasteiger partial charge in [0.1, 0.15) is 6.61 Å². The first kappa shape index (κ1) is 7.94. The Labute approximate surface area is 63.8 Å². The molecule has 60 valence electrons. The molecule has 0 N–H and O–H groups in total. The summed E-state index contributed by atoms with van der Waals surface area (Å²) in [6.45, 7) is 1.27. The van der Waals surface area contributed by atoms with E-state index in [1.165, 1.54) is 19.1 Å². The minimum absolute atomic E-state index is 0.0194. The van der Waals surface area contributed by atoms with Gasteiger partial charge in [0.05, 0.1) is 0 Å². The second-order valence-electron chi connectivity index (χ2n) is 2.11. The summed E-state index contributed by atoms with van der Waals surface area (Å²) in [6, 6.07) is 0. The lowest BCUT2D eigenvalue weighted by Crippen LogP contribution is -2.24. The average molecular weight is 156 g/mol. The van der Waals surface area contributed by atoms with Gasteiger partial charge in [0.2, 0.25) is 6.29 Å². The fraction of sp³-hybridized carbons (Fsp3) is 0.429. The van der Waals surface area contributed by atoms with Crippen LogP contribution in [0.4, 0.5) is 0 Å². The second-order valence-corrected chi connectivity index (χ2v) is 2.11. The molecule has 0 saturated heterocycles. The number of ether oxygens (including phenoxy) is 2. The number of ketones is 1. The summed E-state index contributed by atoms with van der Waals surface area (Å²) in [5, 5.41) is 0. The zero-order valence-corrected chi connectivity index (χ0v) is 6.07. The fourth-order valence-corrected chi connectivity index (χ4v) is 0.691. The number of carbonyl (C=O) groups excluding carboxylic acids is 2. The highest BCUT2D eigenvalue weighted by atomic mass is 16.7. The Morgan fingerprint density at radius 2 is 2.55 bits per heavy atom. The molecule has 4 heteroatoms. The molecule has 0 spiro atoms. The molecule has 0 aromatic heterocycles. The Bertz CT molecular complexity index is 206. The van der Waals surface area contributed by atoms with Gasteiger partial charge >= 0.3 is 5.97 Å². The van der Waals surface area contributed by atoms with E-state index >= 15 is 0 Å². The monoisotopic (exact) mass is 156 g/mol. The molecule has 0 aromatic rings. The maximum absolute atomic E-state index is 10.5. The van der Waals surface area contributed by atoms with Crippen LogP contribution in [0.5, 0.6) is 0 Å². The molecule has 4 nitrogen and oxygen atoms in total. The van der Waals surface area contributed by atoms with E-state index in [0.717, 1.165) is 0 Å². The largest absolute Gasteiger partial charge is 0.432 e. The molecule has 1 unspecified atom stereocenters. The summed E-state index contributed by atoms with van der Waals surface area (Å²) < 4.78 is 9.46.